The van der Waals surface area contributed by atoms with Crippen molar-refractivity contribution in [3.8, 4) is 11.5 Å². The summed E-state index contributed by atoms with van der Waals surface area (Å²) < 4.78 is 10.5. The van der Waals surface area contributed by atoms with Gasteiger partial charge in [0.1, 0.15) is 5.76 Å². The molecular formula is C14H14ClNO3. The number of carbonyl (C=O) groups excluding carboxylic acids is 1. The number of halogens is 1. The van der Waals surface area contributed by atoms with Crippen LogP contribution in [0.3, 0.4) is 0 Å². The molecule has 0 radical (unpaired) electrons. The van der Waals surface area contributed by atoms with Crippen molar-refractivity contribution < 1.29 is 13.9 Å². The number of hydrogen-bond acceptors (Lipinski definition) is 4. The number of aromatic nitrogens is 1. The Morgan fingerprint density at radius 3 is 2.68 bits per heavy atom. The molecule has 0 aliphatic heterocycles. The largest absolute Gasteiger partial charge is 0.466 e. The molecule has 0 fully saturated rings. The lowest BCUT2D eigenvalue weighted by atomic mass is 10.2. The van der Waals surface area contributed by atoms with Crippen molar-refractivity contribution in [3.05, 3.63) is 40.7 Å². The Morgan fingerprint density at radius 2 is 2.05 bits per heavy atom. The number of nitrogens with zero attached hydrogens (tertiary/aromatic N) is 1. The van der Waals surface area contributed by atoms with Crippen LogP contribution in [0.15, 0.2) is 28.7 Å². The van der Waals surface area contributed by atoms with E-state index in [1.165, 1.54) is 0 Å². The first-order valence-electron chi connectivity index (χ1n) is 5.98. The van der Waals surface area contributed by atoms with E-state index in [0.29, 0.717) is 29.0 Å². The highest BCUT2D eigenvalue weighted by Crippen LogP contribution is 2.23. The minimum Gasteiger partial charge on any atom is -0.466 e. The topological polar surface area (TPSA) is 52.3 Å². The number of benzene rings is 1. The molecule has 0 N–H and O–H groups in total. The average molecular weight is 280 g/mol. The van der Waals surface area contributed by atoms with Crippen LogP contribution in [0, 0.1) is 6.92 Å². The third kappa shape index (κ3) is 3.35. The summed E-state index contributed by atoms with van der Waals surface area (Å²) in [7, 11) is 0. The number of carbonyl (C=O) groups is 1. The lowest BCUT2D eigenvalue weighted by Gasteiger charge is -1.98. The minimum atomic E-state index is -0.304. The van der Waals surface area contributed by atoms with Gasteiger partial charge in [0.15, 0.2) is 0 Å². The quantitative estimate of drug-likeness (QED) is 0.805. The molecule has 2 rings (SSSR count). The fraction of sp³-hybridized carbons (Fsp3) is 0.286. The molecule has 0 amide bonds. The molecule has 2 aromatic rings. The molecule has 0 bridgehead atoms. The second-order valence-electron chi connectivity index (χ2n) is 4.01. The predicted molar refractivity (Wildman–Crippen MR) is 72.0 cm³/mol. The number of ether oxygens (including phenoxy) is 1. The molecule has 0 saturated carbocycles. The van der Waals surface area contributed by atoms with E-state index in [-0.39, 0.29) is 12.4 Å². The molecule has 0 saturated heterocycles. The summed E-state index contributed by atoms with van der Waals surface area (Å²) in [4.78, 5) is 15.8. The molecular weight excluding hydrogens is 266 g/mol. The van der Waals surface area contributed by atoms with Gasteiger partial charge in [-0.25, -0.2) is 4.98 Å². The molecule has 0 aliphatic carbocycles. The number of hydrogen-bond donors (Lipinski definition) is 0. The fourth-order valence-corrected chi connectivity index (χ4v) is 1.78. The van der Waals surface area contributed by atoms with Crippen LogP contribution in [0.1, 0.15) is 18.4 Å². The zero-order chi connectivity index (χ0) is 13.8. The first-order chi connectivity index (χ1) is 9.10. The second kappa shape index (κ2) is 5.89. The van der Waals surface area contributed by atoms with Crippen LogP contribution >= 0.6 is 11.6 Å². The number of oxazole rings is 1. The van der Waals surface area contributed by atoms with Crippen LogP contribution in [0.2, 0.25) is 5.02 Å². The van der Waals surface area contributed by atoms with E-state index >= 15 is 0 Å². The first kappa shape index (κ1) is 13.6. The summed E-state index contributed by atoms with van der Waals surface area (Å²) in [6.45, 7) is 3.91. The van der Waals surface area contributed by atoms with E-state index in [9.17, 15) is 4.79 Å². The van der Waals surface area contributed by atoms with Gasteiger partial charge in [0, 0.05) is 10.6 Å². The molecule has 0 atom stereocenters. The molecule has 0 unspecified atom stereocenters. The van der Waals surface area contributed by atoms with Crippen LogP contribution in [-0.4, -0.2) is 17.6 Å². The van der Waals surface area contributed by atoms with E-state index in [4.69, 9.17) is 20.8 Å². The van der Waals surface area contributed by atoms with Gasteiger partial charge in [0.05, 0.1) is 18.7 Å². The van der Waals surface area contributed by atoms with Gasteiger partial charge in [-0.05, 0) is 38.1 Å². The average Bonchev–Trinajstić information content (AvgIpc) is 2.72. The molecule has 0 spiro atoms. The van der Waals surface area contributed by atoms with E-state index in [2.05, 4.69) is 4.98 Å². The highest BCUT2D eigenvalue weighted by molar-refractivity contribution is 6.30. The van der Waals surface area contributed by atoms with E-state index < -0.39 is 0 Å². The van der Waals surface area contributed by atoms with Crippen LogP contribution in [0.4, 0.5) is 0 Å². The Labute approximate surface area is 116 Å². The molecule has 1 heterocycles. The van der Waals surface area contributed by atoms with Gasteiger partial charge in [-0.3, -0.25) is 4.79 Å². The van der Waals surface area contributed by atoms with E-state index in [1.807, 2.05) is 12.1 Å². The predicted octanol–water partition coefficient (Wildman–Crippen LogP) is 3.41. The third-order valence-corrected chi connectivity index (χ3v) is 2.85. The normalized spacial score (nSPS) is 10.5. The summed E-state index contributed by atoms with van der Waals surface area (Å²) in [6, 6.07) is 7.17. The second-order valence-corrected chi connectivity index (χ2v) is 4.45. The zero-order valence-electron chi connectivity index (χ0n) is 10.8. The van der Waals surface area contributed by atoms with Crippen molar-refractivity contribution >= 4 is 17.6 Å². The fourth-order valence-electron chi connectivity index (χ4n) is 1.66. The van der Waals surface area contributed by atoms with E-state index in [0.717, 1.165) is 5.56 Å². The van der Waals surface area contributed by atoms with Crippen LogP contribution in [0.5, 0.6) is 0 Å². The summed E-state index contributed by atoms with van der Waals surface area (Å²) in [5.74, 6) is 0.799. The number of aryl methyl sites for hydroxylation is 1. The molecule has 4 nitrogen and oxygen atoms in total. The Balaban J connectivity index is 2.21. The Kier molecular flexibility index (Phi) is 4.22. The smallest absolute Gasteiger partial charge is 0.311 e. The van der Waals surface area contributed by atoms with Gasteiger partial charge in [0.25, 0.3) is 0 Å². The van der Waals surface area contributed by atoms with Crippen molar-refractivity contribution in [2.24, 2.45) is 0 Å². The Morgan fingerprint density at radius 1 is 1.37 bits per heavy atom. The molecule has 19 heavy (non-hydrogen) atoms. The summed E-state index contributed by atoms with van der Waals surface area (Å²) >= 11 is 5.83. The Bertz CT molecular complexity index is 575. The van der Waals surface area contributed by atoms with Gasteiger partial charge in [-0.15, -0.1) is 0 Å². The summed E-state index contributed by atoms with van der Waals surface area (Å²) in [5, 5.41) is 0.652. The minimum absolute atomic E-state index is 0.122. The lowest BCUT2D eigenvalue weighted by molar-refractivity contribution is -0.142. The molecule has 0 aliphatic rings. The van der Waals surface area contributed by atoms with Gasteiger partial charge >= 0.3 is 5.97 Å². The molecule has 1 aromatic heterocycles. The van der Waals surface area contributed by atoms with Crippen molar-refractivity contribution in [2.45, 2.75) is 20.3 Å². The summed E-state index contributed by atoms with van der Waals surface area (Å²) in [6.07, 6.45) is 0.122. The van der Waals surface area contributed by atoms with Gasteiger partial charge in [0.2, 0.25) is 5.89 Å². The number of esters is 1. The van der Waals surface area contributed by atoms with Gasteiger partial charge in [-0.1, -0.05) is 11.6 Å². The maximum Gasteiger partial charge on any atom is 0.311 e. The van der Waals surface area contributed by atoms with Gasteiger partial charge < -0.3 is 9.15 Å². The van der Waals surface area contributed by atoms with Crippen molar-refractivity contribution in [3.63, 3.8) is 0 Å². The standard InChI is InChI=1S/C14H14ClNO3/c1-3-18-13(17)8-12-9(2)19-14(16-12)10-4-6-11(15)7-5-10/h4-7H,3,8H2,1-2H3. The monoisotopic (exact) mass is 279 g/mol. The SMILES string of the molecule is CCOC(=O)Cc1nc(-c2ccc(Cl)cc2)oc1C. The number of rotatable bonds is 4. The van der Waals surface area contributed by atoms with Gasteiger partial charge in [-0.2, -0.15) is 0 Å². The Hall–Kier alpha value is -1.81. The molecule has 1 aromatic carbocycles. The maximum absolute atomic E-state index is 11.4. The molecule has 100 valence electrons. The van der Waals surface area contributed by atoms with Crippen molar-refractivity contribution in [1.29, 1.82) is 0 Å². The zero-order valence-corrected chi connectivity index (χ0v) is 11.5. The summed E-state index contributed by atoms with van der Waals surface area (Å²) in [5.41, 5.74) is 1.42. The van der Waals surface area contributed by atoms with Crippen molar-refractivity contribution in [2.75, 3.05) is 6.61 Å². The van der Waals surface area contributed by atoms with Crippen molar-refractivity contribution in [1.82, 2.24) is 4.98 Å². The highest BCUT2D eigenvalue weighted by Gasteiger charge is 2.15. The highest BCUT2D eigenvalue weighted by atomic mass is 35.5. The lowest BCUT2D eigenvalue weighted by Crippen LogP contribution is -2.08. The maximum atomic E-state index is 11.4. The van der Waals surface area contributed by atoms with Crippen LogP contribution in [0.25, 0.3) is 11.5 Å². The van der Waals surface area contributed by atoms with Crippen LogP contribution < -0.4 is 0 Å². The van der Waals surface area contributed by atoms with Crippen LogP contribution in [-0.2, 0) is 16.0 Å². The molecule has 5 heteroatoms. The van der Waals surface area contributed by atoms with E-state index in [1.54, 1.807) is 26.0 Å². The first-order valence-corrected chi connectivity index (χ1v) is 6.35. The third-order valence-electron chi connectivity index (χ3n) is 2.60.